The third-order valence-corrected chi connectivity index (χ3v) is 3.20. The Morgan fingerprint density at radius 2 is 2.10 bits per heavy atom. The molecule has 0 fully saturated rings. The number of aromatic nitrogens is 2. The Hall–Kier alpha value is -2.05. The fourth-order valence-electron chi connectivity index (χ4n) is 2.15. The van der Waals surface area contributed by atoms with E-state index in [1.165, 1.54) is 0 Å². The van der Waals surface area contributed by atoms with Gasteiger partial charge in [0, 0.05) is 25.2 Å². The summed E-state index contributed by atoms with van der Waals surface area (Å²) in [5.41, 5.74) is 4.72. The zero-order valence-corrected chi connectivity index (χ0v) is 12.0. The number of rotatable bonds is 6. The van der Waals surface area contributed by atoms with Crippen LogP contribution in [0.1, 0.15) is 17.3 Å². The Morgan fingerprint density at radius 1 is 1.30 bits per heavy atom. The number of nitrogens with one attached hydrogen (secondary N) is 1. The monoisotopic (exact) mass is 276 g/mol. The zero-order valence-electron chi connectivity index (χ0n) is 12.0. The van der Waals surface area contributed by atoms with Gasteiger partial charge in [0.05, 0.1) is 26.0 Å². The van der Waals surface area contributed by atoms with Crippen molar-refractivity contribution in [2.45, 2.75) is 12.5 Å². The maximum atomic E-state index is 5.69. The highest BCUT2D eigenvalue weighted by Gasteiger charge is 2.17. The van der Waals surface area contributed by atoms with Crippen LogP contribution in [0.3, 0.4) is 0 Å². The smallest absolute Gasteiger partial charge is 0.123 e. The lowest BCUT2D eigenvalue weighted by Crippen LogP contribution is -2.30. The average molecular weight is 276 g/mol. The topological polar surface area (TPSA) is 74.3 Å². The van der Waals surface area contributed by atoms with Crippen molar-refractivity contribution in [1.29, 1.82) is 0 Å². The second kappa shape index (κ2) is 6.40. The number of hydrogen-bond acceptors (Lipinski definition) is 5. The zero-order chi connectivity index (χ0) is 14.5. The van der Waals surface area contributed by atoms with Crippen molar-refractivity contribution in [2.75, 3.05) is 14.2 Å². The molecule has 0 bridgehead atoms. The van der Waals surface area contributed by atoms with Gasteiger partial charge in [0.25, 0.3) is 0 Å². The van der Waals surface area contributed by atoms with E-state index in [2.05, 4.69) is 10.5 Å². The number of nitrogens with zero attached hydrogens (tertiary/aromatic N) is 2. The van der Waals surface area contributed by atoms with Crippen molar-refractivity contribution in [3.8, 4) is 11.5 Å². The van der Waals surface area contributed by atoms with Gasteiger partial charge >= 0.3 is 0 Å². The molecule has 1 heterocycles. The average Bonchev–Trinajstić information content (AvgIpc) is 2.89. The van der Waals surface area contributed by atoms with E-state index in [1.807, 2.05) is 37.5 Å². The normalized spacial score (nSPS) is 12.2. The highest BCUT2D eigenvalue weighted by Crippen LogP contribution is 2.30. The fraction of sp³-hybridized carbons (Fsp3) is 0.357. The molecular weight excluding hydrogens is 256 g/mol. The number of nitrogens with two attached hydrogens (primary N) is 1. The predicted molar refractivity (Wildman–Crippen MR) is 76.5 cm³/mol. The fourth-order valence-corrected chi connectivity index (χ4v) is 2.15. The molecule has 1 aromatic heterocycles. The van der Waals surface area contributed by atoms with Gasteiger partial charge in [0.2, 0.25) is 0 Å². The molecule has 0 amide bonds. The Morgan fingerprint density at radius 3 is 2.65 bits per heavy atom. The minimum absolute atomic E-state index is 0.102. The van der Waals surface area contributed by atoms with Gasteiger partial charge < -0.3 is 9.47 Å². The first-order chi connectivity index (χ1) is 9.67. The quantitative estimate of drug-likeness (QED) is 0.612. The van der Waals surface area contributed by atoms with E-state index < -0.39 is 0 Å². The lowest BCUT2D eigenvalue weighted by Gasteiger charge is -2.19. The maximum Gasteiger partial charge on any atom is 0.123 e. The number of methoxy groups -OCH3 is 2. The lowest BCUT2D eigenvalue weighted by molar-refractivity contribution is 0.389. The third-order valence-electron chi connectivity index (χ3n) is 3.20. The van der Waals surface area contributed by atoms with Crippen molar-refractivity contribution in [1.82, 2.24) is 15.2 Å². The van der Waals surface area contributed by atoms with E-state index in [0.29, 0.717) is 6.42 Å². The molecule has 0 aliphatic rings. The summed E-state index contributed by atoms with van der Waals surface area (Å²) in [5.74, 6) is 7.23. The lowest BCUT2D eigenvalue weighted by atomic mass is 10.0. The standard InChI is InChI=1S/C14H20N4O2/c1-18-7-6-10(17-18)8-13(16-15)12-9-11(19-2)4-5-14(12)20-3/h4-7,9,13,16H,8,15H2,1-3H3. The van der Waals surface area contributed by atoms with E-state index in [9.17, 15) is 0 Å². The van der Waals surface area contributed by atoms with Gasteiger partial charge in [-0.25, -0.2) is 0 Å². The van der Waals surface area contributed by atoms with Crippen LogP contribution in [0.2, 0.25) is 0 Å². The number of hydrazine groups is 1. The first kappa shape index (κ1) is 14.4. The van der Waals surface area contributed by atoms with Gasteiger partial charge in [-0.15, -0.1) is 0 Å². The van der Waals surface area contributed by atoms with E-state index in [-0.39, 0.29) is 6.04 Å². The van der Waals surface area contributed by atoms with Crippen LogP contribution in [-0.4, -0.2) is 24.0 Å². The second-order valence-corrected chi connectivity index (χ2v) is 4.51. The molecule has 2 rings (SSSR count). The predicted octanol–water partition coefficient (Wildman–Crippen LogP) is 1.18. The van der Waals surface area contributed by atoms with Gasteiger partial charge in [-0.3, -0.25) is 16.0 Å². The molecule has 3 N–H and O–H groups in total. The van der Waals surface area contributed by atoms with E-state index in [1.54, 1.807) is 18.9 Å². The van der Waals surface area contributed by atoms with Crippen molar-refractivity contribution in [2.24, 2.45) is 12.9 Å². The Bertz CT molecular complexity index is 568. The first-order valence-corrected chi connectivity index (χ1v) is 6.34. The van der Waals surface area contributed by atoms with Crippen LogP contribution < -0.4 is 20.7 Å². The van der Waals surface area contributed by atoms with E-state index in [0.717, 1.165) is 22.8 Å². The molecule has 0 spiro atoms. The summed E-state index contributed by atoms with van der Waals surface area (Å²) in [6, 6.07) is 7.52. The van der Waals surface area contributed by atoms with Gasteiger partial charge in [-0.05, 0) is 24.3 Å². The Kier molecular flexibility index (Phi) is 4.60. The largest absolute Gasteiger partial charge is 0.497 e. The third kappa shape index (κ3) is 3.09. The van der Waals surface area contributed by atoms with Gasteiger partial charge in [0.15, 0.2) is 0 Å². The van der Waals surface area contributed by atoms with Crippen LogP contribution in [0.5, 0.6) is 11.5 Å². The minimum Gasteiger partial charge on any atom is -0.497 e. The Labute approximate surface area is 118 Å². The highest BCUT2D eigenvalue weighted by atomic mass is 16.5. The molecule has 2 aromatic rings. The van der Waals surface area contributed by atoms with E-state index >= 15 is 0 Å². The molecule has 0 saturated heterocycles. The number of benzene rings is 1. The summed E-state index contributed by atoms with van der Waals surface area (Å²) >= 11 is 0. The molecule has 108 valence electrons. The van der Waals surface area contributed by atoms with E-state index in [4.69, 9.17) is 15.3 Å². The number of aryl methyl sites for hydroxylation is 1. The van der Waals surface area contributed by atoms with Gasteiger partial charge in [-0.2, -0.15) is 5.10 Å². The molecule has 0 saturated carbocycles. The van der Waals surface area contributed by atoms with Crippen LogP contribution in [0.25, 0.3) is 0 Å². The van der Waals surface area contributed by atoms with Crippen LogP contribution >= 0.6 is 0 Å². The Balaban J connectivity index is 2.30. The molecule has 6 heteroatoms. The molecule has 0 aliphatic heterocycles. The van der Waals surface area contributed by atoms with Crippen LogP contribution in [0, 0.1) is 0 Å². The van der Waals surface area contributed by atoms with Gasteiger partial charge in [-0.1, -0.05) is 0 Å². The summed E-state index contributed by atoms with van der Waals surface area (Å²) in [6.45, 7) is 0. The van der Waals surface area contributed by atoms with Crippen LogP contribution in [0.4, 0.5) is 0 Å². The first-order valence-electron chi connectivity index (χ1n) is 6.34. The molecule has 0 radical (unpaired) electrons. The number of hydrogen-bond donors (Lipinski definition) is 2. The molecule has 6 nitrogen and oxygen atoms in total. The molecule has 1 unspecified atom stereocenters. The van der Waals surface area contributed by atoms with Crippen LogP contribution in [0.15, 0.2) is 30.5 Å². The summed E-state index contributed by atoms with van der Waals surface area (Å²) in [7, 11) is 5.16. The van der Waals surface area contributed by atoms with Crippen molar-refractivity contribution >= 4 is 0 Å². The summed E-state index contributed by atoms with van der Waals surface area (Å²) < 4.78 is 12.4. The van der Waals surface area contributed by atoms with Gasteiger partial charge in [0.1, 0.15) is 11.5 Å². The molecule has 20 heavy (non-hydrogen) atoms. The summed E-state index contributed by atoms with van der Waals surface area (Å²) in [4.78, 5) is 0. The molecular formula is C14H20N4O2. The van der Waals surface area contributed by atoms with Crippen LogP contribution in [-0.2, 0) is 13.5 Å². The van der Waals surface area contributed by atoms with Crippen molar-refractivity contribution < 1.29 is 9.47 Å². The SMILES string of the molecule is COc1ccc(OC)c(C(Cc2ccn(C)n2)NN)c1. The van der Waals surface area contributed by atoms with Crippen molar-refractivity contribution in [3.05, 3.63) is 41.7 Å². The second-order valence-electron chi connectivity index (χ2n) is 4.51. The summed E-state index contributed by atoms with van der Waals surface area (Å²) in [5, 5.41) is 4.37. The highest BCUT2D eigenvalue weighted by molar-refractivity contribution is 5.42. The number of ether oxygens (including phenoxy) is 2. The molecule has 1 aromatic carbocycles. The molecule has 0 aliphatic carbocycles. The van der Waals surface area contributed by atoms with Crippen molar-refractivity contribution in [3.63, 3.8) is 0 Å². The minimum atomic E-state index is -0.102. The molecule has 1 atom stereocenters. The summed E-state index contributed by atoms with van der Waals surface area (Å²) in [6.07, 6.45) is 2.58. The maximum absolute atomic E-state index is 5.69.